The summed E-state index contributed by atoms with van der Waals surface area (Å²) in [6.07, 6.45) is 5.34. The normalized spacial score (nSPS) is 12.7. The quantitative estimate of drug-likeness (QED) is 0.776. The van der Waals surface area contributed by atoms with Gasteiger partial charge in [0.2, 0.25) is 0 Å². The fourth-order valence-corrected chi connectivity index (χ4v) is 2.02. The highest BCUT2D eigenvalue weighted by Gasteiger charge is 2.08. The monoisotopic (exact) mass is 271 g/mol. The van der Waals surface area contributed by atoms with Gasteiger partial charge >= 0.3 is 0 Å². The molecule has 0 aromatic carbocycles. The predicted octanol–water partition coefficient (Wildman–Crippen LogP) is 2.72. The van der Waals surface area contributed by atoms with E-state index < -0.39 is 0 Å². The summed E-state index contributed by atoms with van der Waals surface area (Å²) in [4.78, 5) is 16.1. The third-order valence-corrected chi connectivity index (χ3v) is 2.94. The van der Waals surface area contributed by atoms with Crippen LogP contribution in [0.2, 0.25) is 0 Å². The van der Waals surface area contributed by atoms with Crippen molar-refractivity contribution in [3.05, 3.63) is 22.7 Å². The second-order valence-corrected chi connectivity index (χ2v) is 5.51. The summed E-state index contributed by atoms with van der Waals surface area (Å²) < 4.78 is 1.68. The van der Waals surface area contributed by atoms with Crippen LogP contribution in [0.4, 0.5) is 5.82 Å². The molecule has 0 bridgehead atoms. The van der Waals surface area contributed by atoms with Crippen molar-refractivity contribution in [2.24, 2.45) is 5.92 Å². The van der Waals surface area contributed by atoms with E-state index in [9.17, 15) is 4.79 Å². The van der Waals surface area contributed by atoms with E-state index in [1.165, 1.54) is 0 Å². The van der Waals surface area contributed by atoms with Crippen molar-refractivity contribution < 1.29 is 0 Å². The highest BCUT2D eigenvalue weighted by Crippen LogP contribution is 2.06. The van der Waals surface area contributed by atoms with E-state index in [1.54, 1.807) is 17.0 Å². The van der Waals surface area contributed by atoms with Gasteiger partial charge in [0, 0.05) is 25.5 Å². The number of nitrogens with one attached hydrogen (secondary N) is 1. The van der Waals surface area contributed by atoms with Crippen LogP contribution in [0.3, 0.4) is 0 Å². The van der Waals surface area contributed by atoms with Crippen LogP contribution in [0.25, 0.3) is 0 Å². The number of hydrogen-bond donors (Lipinski definition) is 1. The van der Waals surface area contributed by atoms with Crippen LogP contribution < -0.4 is 10.9 Å². The van der Waals surface area contributed by atoms with Crippen LogP contribution in [-0.2, 0) is 6.54 Å². The zero-order chi connectivity index (χ0) is 13.5. The number of nitrogens with zero attached hydrogens (tertiary/aromatic N) is 2. The lowest BCUT2D eigenvalue weighted by atomic mass is 10.2. The maximum absolute atomic E-state index is 12.1. The third kappa shape index (κ3) is 4.69. The minimum Gasteiger partial charge on any atom is -0.364 e. The molecule has 0 fully saturated rings. The first-order chi connectivity index (χ1) is 8.54. The maximum Gasteiger partial charge on any atom is 0.293 e. The van der Waals surface area contributed by atoms with Crippen LogP contribution in [0.15, 0.2) is 17.2 Å². The molecule has 1 N–H and O–H groups in total. The number of anilines is 1. The number of halogens is 1. The number of rotatable bonds is 7. The molecule has 0 aliphatic heterocycles. The summed E-state index contributed by atoms with van der Waals surface area (Å²) in [5.41, 5.74) is -0.0773. The summed E-state index contributed by atoms with van der Waals surface area (Å²) in [5, 5.41) is 3.07. The molecule has 0 amide bonds. The molecule has 0 radical (unpaired) electrons. The Morgan fingerprint density at radius 2 is 2.22 bits per heavy atom. The molecular weight excluding hydrogens is 250 g/mol. The van der Waals surface area contributed by atoms with E-state index in [1.807, 2.05) is 0 Å². The lowest BCUT2D eigenvalue weighted by Gasteiger charge is -2.12. The number of aromatic nitrogens is 2. The lowest BCUT2D eigenvalue weighted by Crippen LogP contribution is -2.27. The topological polar surface area (TPSA) is 46.9 Å². The summed E-state index contributed by atoms with van der Waals surface area (Å²) in [5.74, 6) is 0.818. The standard InChI is InChI=1S/C13H22ClN3O/c1-4-5-11(14)8-16-12-13(18)17(7-6-15-12)9-10(2)3/h6-7,10-11H,4-5,8-9H2,1-3H3,(H,15,16). The van der Waals surface area contributed by atoms with Gasteiger partial charge in [-0.1, -0.05) is 27.2 Å². The Labute approximate surface area is 113 Å². The van der Waals surface area contributed by atoms with Gasteiger partial charge in [-0.2, -0.15) is 0 Å². The van der Waals surface area contributed by atoms with Crippen molar-refractivity contribution in [2.75, 3.05) is 11.9 Å². The molecule has 0 saturated heterocycles. The Morgan fingerprint density at radius 1 is 1.50 bits per heavy atom. The van der Waals surface area contributed by atoms with Crippen LogP contribution in [0, 0.1) is 5.92 Å². The summed E-state index contributed by atoms with van der Waals surface area (Å²) >= 11 is 6.11. The summed E-state index contributed by atoms with van der Waals surface area (Å²) in [7, 11) is 0. The van der Waals surface area contributed by atoms with Gasteiger partial charge in [0.05, 0.1) is 5.38 Å². The average molecular weight is 272 g/mol. The fourth-order valence-electron chi connectivity index (χ4n) is 1.73. The Balaban J connectivity index is 2.69. The Morgan fingerprint density at radius 3 is 2.83 bits per heavy atom. The summed E-state index contributed by atoms with van der Waals surface area (Å²) in [6.45, 7) is 7.52. The Hall–Kier alpha value is -1.03. The van der Waals surface area contributed by atoms with Gasteiger partial charge < -0.3 is 9.88 Å². The van der Waals surface area contributed by atoms with Gasteiger partial charge in [-0.25, -0.2) is 4.98 Å². The van der Waals surface area contributed by atoms with Crippen LogP contribution >= 0.6 is 11.6 Å². The van der Waals surface area contributed by atoms with E-state index in [0.29, 0.717) is 24.8 Å². The third-order valence-electron chi connectivity index (χ3n) is 2.57. The molecular formula is C13H22ClN3O. The van der Waals surface area contributed by atoms with Crippen LogP contribution in [0.1, 0.15) is 33.6 Å². The number of alkyl halides is 1. The van der Waals surface area contributed by atoms with Crippen LogP contribution in [-0.4, -0.2) is 21.5 Å². The van der Waals surface area contributed by atoms with Crippen molar-refractivity contribution in [2.45, 2.75) is 45.5 Å². The fraction of sp³-hybridized carbons (Fsp3) is 0.692. The van der Waals surface area contributed by atoms with Gasteiger partial charge in [0.15, 0.2) is 5.82 Å². The largest absolute Gasteiger partial charge is 0.364 e. The van der Waals surface area contributed by atoms with E-state index >= 15 is 0 Å². The first kappa shape index (κ1) is 15.0. The SMILES string of the molecule is CCCC(Cl)CNc1nccn(CC(C)C)c1=O. The summed E-state index contributed by atoms with van der Waals surface area (Å²) in [6, 6.07) is 0. The first-order valence-electron chi connectivity index (χ1n) is 6.48. The molecule has 5 heteroatoms. The zero-order valence-corrected chi connectivity index (χ0v) is 12.1. The molecule has 1 rings (SSSR count). The average Bonchev–Trinajstić information content (AvgIpc) is 2.30. The van der Waals surface area contributed by atoms with Crippen molar-refractivity contribution in [3.8, 4) is 0 Å². The van der Waals surface area contributed by atoms with Crippen molar-refractivity contribution >= 4 is 17.4 Å². The molecule has 4 nitrogen and oxygen atoms in total. The van der Waals surface area contributed by atoms with Gasteiger partial charge in [-0.15, -0.1) is 11.6 Å². The molecule has 0 aliphatic rings. The molecule has 1 heterocycles. The molecule has 0 spiro atoms. The maximum atomic E-state index is 12.1. The van der Waals surface area contributed by atoms with Gasteiger partial charge in [0.1, 0.15) is 0 Å². The predicted molar refractivity (Wildman–Crippen MR) is 76.4 cm³/mol. The van der Waals surface area contributed by atoms with E-state index in [-0.39, 0.29) is 10.9 Å². The minimum absolute atomic E-state index is 0.0370. The molecule has 102 valence electrons. The van der Waals surface area contributed by atoms with Gasteiger partial charge in [0.25, 0.3) is 5.56 Å². The minimum atomic E-state index is -0.0773. The van der Waals surface area contributed by atoms with Gasteiger partial charge in [-0.3, -0.25) is 4.79 Å². The Bertz CT molecular complexity index is 417. The lowest BCUT2D eigenvalue weighted by molar-refractivity contribution is 0.509. The second-order valence-electron chi connectivity index (χ2n) is 4.89. The molecule has 0 saturated carbocycles. The molecule has 1 unspecified atom stereocenters. The van der Waals surface area contributed by atoms with Crippen molar-refractivity contribution in [3.63, 3.8) is 0 Å². The van der Waals surface area contributed by atoms with Crippen LogP contribution in [0.5, 0.6) is 0 Å². The van der Waals surface area contributed by atoms with Crippen molar-refractivity contribution in [1.82, 2.24) is 9.55 Å². The highest BCUT2D eigenvalue weighted by molar-refractivity contribution is 6.20. The molecule has 1 aromatic rings. The Kier molecular flexibility index (Phi) is 6.19. The van der Waals surface area contributed by atoms with Gasteiger partial charge in [-0.05, 0) is 12.3 Å². The second kappa shape index (κ2) is 7.41. The molecule has 18 heavy (non-hydrogen) atoms. The zero-order valence-electron chi connectivity index (χ0n) is 11.3. The van der Waals surface area contributed by atoms with E-state index in [4.69, 9.17) is 11.6 Å². The van der Waals surface area contributed by atoms with E-state index in [0.717, 1.165) is 12.8 Å². The molecule has 0 aliphatic carbocycles. The molecule has 1 aromatic heterocycles. The highest BCUT2D eigenvalue weighted by atomic mass is 35.5. The van der Waals surface area contributed by atoms with E-state index in [2.05, 4.69) is 31.1 Å². The smallest absolute Gasteiger partial charge is 0.293 e. The molecule has 1 atom stereocenters. The van der Waals surface area contributed by atoms with Crippen molar-refractivity contribution in [1.29, 1.82) is 0 Å². The number of hydrogen-bond acceptors (Lipinski definition) is 3. The first-order valence-corrected chi connectivity index (χ1v) is 6.91.